The first-order valence-electron chi connectivity index (χ1n) is 12.7. The van der Waals surface area contributed by atoms with Crippen molar-refractivity contribution in [3.05, 3.63) is 29.1 Å². The summed E-state index contributed by atoms with van der Waals surface area (Å²) in [6.07, 6.45) is 9.56. The van der Waals surface area contributed by atoms with E-state index in [4.69, 9.17) is 14.2 Å². The Labute approximate surface area is 210 Å². The summed E-state index contributed by atoms with van der Waals surface area (Å²) in [5.74, 6) is -10.8. The van der Waals surface area contributed by atoms with Crippen molar-refractivity contribution in [1.29, 1.82) is 0 Å². The number of ether oxygens (including phenoxy) is 3. The number of hydrogen-bond acceptors (Lipinski definition) is 4. The Bertz CT molecular complexity index is 750. The first kappa shape index (κ1) is 32.0. The number of urea groups is 1. The minimum atomic E-state index is -2.29. The molecular weight excluding hydrogens is 487 g/mol. The summed E-state index contributed by atoms with van der Waals surface area (Å²) < 4.78 is 84.1. The van der Waals surface area contributed by atoms with Crippen LogP contribution in [0.5, 0.6) is 0 Å². The standard InChI is InChI=1S/C25H39F5N2O4/c1-4-7-8-9-10-11-12-14-17(36-25(34-5-2)35-6-3)15-13-16-31-24(33)32-23-21(29)19(27)18(26)20(28)22(23)30/h17,25H,4-16H2,1-3H3,(H2,31,32,33). The van der Waals surface area contributed by atoms with Crippen molar-refractivity contribution in [1.82, 2.24) is 5.32 Å². The van der Waals surface area contributed by atoms with Gasteiger partial charge >= 0.3 is 6.03 Å². The number of halogens is 5. The van der Waals surface area contributed by atoms with E-state index in [9.17, 15) is 26.7 Å². The van der Waals surface area contributed by atoms with E-state index in [1.54, 1.807) is 5.32 Å². The van der Waals surface area contributed by atoms with Gasteiger partial charge in [-0.3, -0.25) is 0 Å². The normalized spacial score (nSPS) is 12.2. The number of carbonyl (C=O) groups is 1. The Morgan fingerprint density at radius 2 is 1.22 bits per heavy atom. The lowest BCUT2D eigenvalue weighted by atomic mass is 10.0. The van der Waals surface area contributed by atoms with E-state index in [1.807, 2.05) is 13.8 Å². The van der Waals surface area contributed by atoms with Crippen molar-refractivity contribution in [3.63, 3.8) is 0 Å². The molecule has 1 unspecified atom stereocenters. The molecule has 2 amide bonds. The summed E-state index contributed by atoms with van der Waals surface area (Å²) in [6, 6.07) is -1.09. The molecule has 11 heteroatoms. The van der Waals surface area contributed by atoms with Crippen LogP contribution in [0, 0.1) is 29.1 Å². The molecule has 0 fully saturated rings. The van der Waals surface area contributed by atoms with Crippen LogP contribution in [0.4, 0.5) is 32.4 Å². The lowest BCUT2D eigenvalue weighted by molar-refractivity contribution is -0.302. The lowest BCUT2D eigenvalue weighted by Gasteiger charge is -2.24. The average molecular weight is 527 g/mol. The first-order chi connectivity index (χ1) is 17.3. The molecule has 6 nitrogen and oxygen atoms in total. The van der Waals surface area contributed by atoms with Gasteiger partial charge in [0.1, 0.15) is 5.69 Å². The molecule has 0 aromatic heterocycles. The predicted molar refractivity (Wildman–Crippen MR) is 127 cm³/mol. The predicted octanol–water partition coefficient (Wildman–Crippen LogP) is 7.17. The second-order valence-electron chi connectivity index (χ2n) is 8.34. The third-order valence-electron chi connectivity index (χ3n) is 5.48. The van der Waals surface area contributed by atoms with Crippen LogP contribution in [0.3, 0.4) is 0 Å². The Balaban J connectivity index is 2.56. The van der Waals surface area contributed by atoms with Gasteiger partial charge < -0.3 is 24.8 Å². The Morgan fingerprint density at radius 3 is 1.78 bits per heavy atom. The van der Waals surface area contributed by atoms with Crippen molar-refractivity contribution < 1.29 is 41.0 Å². The zero-order chi connectivity index (χ0) is 26.9. The van der Waals surface area contributed by atoms with Crippen LogP contribution in [-0.2, 0) is 14.2 Å². The maximum Gasteiger partial charge on any atom is 0.319 e. The molecular formula is C25H39F5N2O4. The van der Waals surface area contributed by atoms with Gasteiger partial charge in [0.25, 0.3) is 6.48 Å². The van der Waals surface area contributed by atoms with Crippen LogP contribution in [0.25, 0.3) is 0 Å². The zero-order valence-electron chi connectivity index (χ0n) is 21.4. The molecule has 208 valence electrons. The van der Waals surface area contributed by atoms with Crippen molar-refractivity contribution in [2.75, 3.05) is 25.1 Å². The molecule has 36 heavy (non-hydrogen) atoms. The van der Waals surface area contributed by atoms with Crippen molar-refractivity contribution >= 4 is 11.7 Å². The fourth-order valence-electron chi connectivity index (χ4n) is 3.57. The van der Waals surface area contributed by atoms with Crippen LogP contribution in [0.2, 0.25) is 0 Å². The lowest BCUT2D eigenvalue weighted by Crippen LogP contribution is -2.32. The molecule has 2 N–H and O–H groups in total. The van der Waals surface area contributed by atoms with Gasteiger partial charge in [-0.1, -0.05) is 51.9 Å². The molecule has 0 radical (unpaired) electrons. The third kappa shape index (κ3) is 11.4. The number of carbonyl (C=O) groups excluding carboxylic acids is 1. The SMILES string of the molecule is CCCCCCCCCC(CCCNC(=O)Nc1c(F)c(F)c(F)c(F)c1F)OC(OCC)OCC. The van der Waals surface area contributed by atoms with E-state index in [-0.39, 0.29) is 12.6 Å². The summed E-state index contributed by atoms with van der Waals surface area (Å²) >= 11 is 0. The topological polar surface area (TPSA) is 68.8 Å². The Morgan fingerprint density at radius 1 is 0.722 bits per heavy atom. The summed E-state index contributed by atoms with van der Waals surface area (Å²) in [7, 11) is 0. The molecule has 1 aromatic carbocycles. The second-order valence-corrected chi connectivity index (χ2v) is 8.34. The van der Waals surface area contributed by atoms with Crippen molar-refractivity contribution in [2.24, 2.45) is 0 Å². The molecule has 1 rings (SSSR count). The molecule has 0 bridgehead atoms. The van der Waals surface area contributed by atoms with Crippen LogP contribution in [-0.4, -0.2) is 38.4 Å². The Kier molecular flexibility index (Phi) is 16.3. The number of hydrogen-bond donors (Lipinski definition) is 2. The maximum atomic E-state index is 13.7. The first-order valence-corrected chi connectivity index (χ1v) is 12.7. The van der Waals surface area contributed by atoms with Crippen LogP contribution in [0.15, 0.2) is 0 Å². The van der Waals surface area contributed by atoms with Crippen LogP contribution < -0.4 is 10.6 Å². The summed E-state index contributed by atoms with van der Waals surface area (Å²) in [5.41, 5.74) is -1.40. The van der Waals surface area contributed by atoms with Gasteiger partial charge in [0.15, 0.2) is 23.3 Å². The number of amides is 2. The molecule has 1 aromatic rings. The zero-order valence-corrected chi connectivity index (χ0v) is 21.4. The highest BCUT2D eigenvalue weighted by Crippen LogP contribution is 2.27. The number of anilines is 1. The minimum absolute atomic E-state index is 0.0893. The average Bonchev–Trinajstić information content (AvgIpc) is 2.86. The van der Waals surface area contributed by atoms with E-state index < -0.39 is 47.3 Å². The fraction of sp³-hybridized carbons (Fsp3) is 0.720. The molecule has 0 heterocycles. The van der Waals surface area contributed by atoms with Gasteiger partial charge in [0, 0.05) is 19.8 Å². The van der Waals surface area contributed by atoms with E-state index in [2.05, 4.69) is 12.2 Å². The number of unbranched alkanes of at least 4 members (excludes halogenated alkanes) is 6. The van der Waals surface area contributed by atoms with Gasteiger partial charge in [-0.25, -0.2) is 26.7 Å². The quantitative estimate of drug-likeness (QED) is 0.0660. The van der Waals surface area contributed by atoms with E-state index in [0.717, 1.165) is 25.7 Å². The monoisotopic (exact) mass is 526 g/mol. The van der Waals surface area contributed by atoms with E-state index in [0.29, 0.717) is 26.1 Å². The molecule has 0 spiro atoms. The summed E-state index contributed by atoms with van der Waals surface area (Å²) in [5, 5.41) is 4.04. The van der Waals surface area contributed by atoms with Crippen molar-refractivity contribution in [2.45, 2.75) is 97.6 Å². The molecule has 0 saturated carbocycles. The molecule has 0 aliphatic heterocycles. The summed E-state index contributed by atoms with van der Waals surface area (Å²) in [4.78, 5) is 12.0. The van der Waals surface area contributed by atoms with Gasteiger partial charge in [0.2, 0.25) is 5.82 Å². The largest absolute Gasteiger partial charge is 0.338 e. The summed E-state index contributed by atoms with van der Waals surface area (Å²) in [6.45, 7) is 5.93. The highest BCUT2D eigenvalue weighted by atomic mass is 19.2. The van der Waals surface area contributed by atoms with E-state index in [1.165, 1.54) is 25.7 Å². The molecule has 0 aliphatic rings. The second kappa shape index (κ2) is 18.3. The van der Waals surface area contributed by atoms with Gasteiger partial charge in [0.05, 0.1) is 6.10 Å². The van der Waals surface area contributed by atoms with Gasteiger partial charge in [-0.05, 0) is 33.1 Å². The Hall–Kier alpha value is -1.98. The number of rotatable bonds is 19. The van der Waals surface area contributed by atoms with Crippen LogP contribution in [0.1, 0.15) is 85.0 Å². The molecule has 0 aliphatic carbocycles. The number of benzene rings is 1. The fourth-order valence-corrected chi connectivity index (χ4v) is 3.57. The third-order valence-corrected chi connectivity index (χ3v) is 5.48. The highest BCUT2D eigenvalue weighted by Gasteiger charge is 2.26. The smallest absolute Gasteiger partial charge is 0.319 e. The van der Waals surface area contributed by atoms with Gasteiger partial charge in [-0.2, -0.15) is 0 Å². The van der Waals surface area contributed by atoms with Gasteiger partial charge in [-0.15, -0.1) is 0 Å². The van der Waals surface area contributed by atoms with E-state index >= 15 is 0 Å². The maximum absolute atomic E-state index is 13.7. The number of nitrogens with one attached hydrogen (secondary N) is 2. The van der Waals surface area contributed by atoms with Crippen molar-refractivity contribution in [3.8, 4) is 0 Å². The van der Waals surface area contributed by atoms with Crippen LogP contribution >= 0.6 is 0 Å². The highest BCUT2D eigenvalue weighted by molar-refractivity contribution is 5.89. The minimum Gasteiger partial charge on any atom is -0.338 e. The molecule has 1 atom stereocenters. The molecule has 0 saturated heterocycles.